The van der Waals surface area contributed by atoms with Crippen LogP contribution in [0.4, 0.5) is 0 Å². The first-order chi connectivity index (χ1) is 12.8. The van der Waals surface area contributed by atoms with E-state index in [9.17, 15) is 5.11 Å². The molecule has 3 aromatic rings. The van der Waals surface area contributed by atoms with Gasteiger partial charge in [0.15, 0.2) is 0 Å². The van der Waals surface area contributed by atoms with Crippen LogP contribution < -0.4 is 5.46 Å². The molecule has 138 valence electrons. The zero-order valence-electron chi connectivity index (χ0n) is 16.6. The highest BCUT2D eigenvalue weighted by molar-refractivity contribution is 6.47. The molecule has 0 aliphatic heterocycles. The van der Waals surface area contributed by atoms with Crippen LogP contribution in [0.2, 0.25) is 0 Å². The van der Waals surface area contributed by atoms with E-state index in [-0.39, 0.29) is 0 Å². The van der Waals surface area contributed by atoms with E-state index in [1.165, 1.54) is 16.7 Å². The van der Waals surface area contributed by atoms with Gasteiger partial charge in [-0.1, -0.05) is 84.3 Å². The Labute approximate surface area is 163 Å². The van der Waals surface area contributed by atoms with Gasteiger partial charge in [0.25, 0.3) is 0 Å². The van der Waals surface area contributed by atoms with Crippen LogP contribution in [-0.4, -0.2) is 23.8 Å². The zero-order chi connectivity index (χ0) is 19.5. The van der Waals surface area contributed by atoms with Crippen molar-refractivity contribution in [1.82, 2.24) is 0 Å². The molecule has 0 aromatic heterocycles. The van der Waals surface area contributed by atoms with Crippen molar-refractivity contribution in [2.24, 2.45) is 0 Å². The van der Waals surface area contributed by atoms with E-state index in [2.05, 4.69) is 72.8 Å². The molecule has 0 heterocycles. The summed E-state index contributed by atoms with van der Waals surface area (Å²) >= 11 is 0. The molecule has 0 radical (unpaired) electrons. The van der Waals surface area contributed by atoms with Gasteiger partial charge in [-0.25, -0.2) is 0 Å². The van der Waals surface area contributed by atoms with Gasteiger partial charge in [-0.15, -0.1) is 0 Å². The van der Waals surface area contributed by atoms with Crippen LogP contribution in [0.5, 0.6) is 0 Å². The average Bonchev–Trinajstić information content (AvgIpc) is 2.67. The van der Waals surface area contributed by atoms with Crippen molar-refractivity contribution in [1.29, 1.82) is 0 Å². The van der Waals surface area contributed by atoms with Gasteiger partial charge in [-0.05, 0) is 49.9 Å². The Hall–Kier alpha value is -2.36. The summed E-state index contributed by atoms with van der Waals surface area (Å²) < 4.78 is 6.00. The second-order valence-corrected chi connectivity index (χ2v) is 8.00. The van der Waals surface area contributed by atoms with E-state index in [1.807, 2.05) is 19.9 Å². The van der Waals surface area contributed by atoms with Crippen molar-refractivity contribution in [2.45, 2.75) is 38.9 Å². The van der Waals surface area contributed by atoms with Crippen LogP contribution in [0.15, 0.2) is 78.9 Å². The third kappa shape index (κ3) is 4.68. The maximum absolute atomic E-state index is 10.3. The van der Waals surface area contributed by atoms with Gasteiger partial charge in [0.2, 0.25) is 0 Å². The first kappa shape index (κ1) is 19.4. The van der Waals surface area contributed by atoms with Gasteiger partial charge in [0, 0.05) is 0 Å². The van der Waals surface area contributed by atoms with Crippen molar-refractivity contribution in [3.8, 4) is 22.3 Å². The Morgan fingerprint density at radius 1 is 0.667 bits per heavy atom. The normalized spacial score (nSPS) is 12.0. The van der Waals surface area contributed by atoms with Crippen molar-refractivity contribution < 1.29 is 9.76 Å². The minimum atomic E-state index is -0.905. The van der Waals surface area contributed by atoms with Crippen LogP contribution in [0, 0.1) is 0 Å². The lowest BCUT2D eigenvalue weighted by molar-refractivity contribution is -0.0893. The summed E-state index contributed by atoms with van der Waals surface area (Å²) in [7, 11) is 0.465. The van der Waals surface area contributed by atoms with Crippen LogP contribution in [-0.2, 0) is 4.65 Å². The third-order valence-electron chi connectivity index (χ3n) is 5.33. The highest BCUT2D eigenvalue weighted by Gasteiger charge is 2.35. The van der Waals surface area contributed by atoms with Crippen molar-refractivity contribution in [2.75, 3.05) is 0 Å². The minimum absolute atomic E-state index is 0.465. The lowest BCUT2D eigenvalue weighted by Crippen LogP contribution is -2.49. The lowest BCUT2D eigenvalue weighted by atomic mass is 9.81. The van der Waals surface area contributed by atoms with Crippen molar-refractivity contribution in [3.63, 3.8) is 0 Å². The Balaban J connectivity index is 1.76. The highest BCUT2D eigenvalue weighted by atomic mass is 16.5. The standard InChI is InChI=1S/C24H27BO2/c1-23(2,26)24(3,4)27-25-22-12-8-11-21(17-22)20-15-13-19(14-16-20)18-9-6-5-7-10-18/h5-17,25-26H,1-4H3. The number of hydrogen-bond donors (Lipinski definition) is 1. The van der Waals surface area contributed by atoms with Gasteiger partial charge in [0.05, 0.1) is 11.2 Å². The zero-order valence-corrected chi connectivity index (χ0v) is 16.6. The summed E-state index contributed by atoms with van der Waals surface area (Å²) in [6.07, 6.45) is 0. The third-order valence-corrected chi connectivity index (χ3v) is 5.33. The molecule has 0 unspecified atom stereocenters. The maximum atomic E-state index is 10.3. The van der Waals surface area contributed by atoms with Crippen LogP contribution >= 0.6 is 0 Å². The van der Waals surface area contributed by atoms with Crippen molar-refractivity contribution in [3.05, 3.63) is 78.9 Å². The molecule has 2 nitrogen and oxygen atoms in total. The first-order valence-corrected chi connectivity index (χ1v) is 9.37. The molecule has 3 aromatic carbocycles. The van der Waals surface area contributed by atoms with E-state index in [1.54, 1.807) is 13.8 Å². The second-order valence-electron chi connectivity index (χ2n) is 8.00. The van der Waals surface area contributed by atoms with Crippen molar-refractivity contribution >= 4 is 12.9 Å². The van der Waals surface area contributed by atoms with E-state index < -0.39 is 11.2 Å². The summed E-state index contributed by atoms with van der Waals surface area (Å²) in [5.74, 6) is 0. The van der Waals surface area contributed by atoms with Gasteiger partial charge in [-0.3, -0.25) is 0 Å². The predicted molar refractivity (Wildman–Crippen MR) is 116 cm³/mol. The molecule has 0 aliphatic carbocycles. The molecule has 0 fully saturated rings. The largest absolute Gasteiger partial charge is 0.427 e. The van der Waals surface area contributed by atoms with Gasteiger partial charge < -0.3 is 9.76 Å². The highest BCUT2D eigenvalue weighted by Crippen LogP contribution is 2.26. The Morgan fingerprint density at radius 3 is 1.78 bits per heavy atom. The fraction of sp³-hybridized carbons (Fsp3) is 0.250. The molecule has 3 rings (SSSR count). The van der Waals surface area contributed by atoms with Crippen LogP contribution in [0.3, 0.4) is 0 Å². The summed E-state index contributed by atoms with van der Waals surface area (Å²) in [5.41, 5.74) is 4.34. The molecule has 1 N–H and O–H groups in total. The molecule has 0 atom stereocenters. The molecular formula is C24H27BO2. The van der Waals surface area contributed by atoms with E-state index in [0.29, 0.717) is 7.48 Å². The average molecular weight is 358 g/mol. The monoisotopic (exact) mass is 358 g/mol. The summed E-state index contributed by atoms with van der Waals surface area (Å²) in [6.45, 7) is 7.38. The molecular weight excluding hydrogens is 331 g/mol. The van der Waals surface area contributed by atoms with Crippen LogP contribution in [0.25, 0.3) is 22.3 Å². The lowest BCUT2D eigenvalue weighted by Gasteiger charge is -2.37. The summed E-state index contributed by atoms with van der Waals surface area (Å²) in [4.78, 5) is 0. The fourth-order valence-electron chi connectivity index (χ4n) is 2.77. The van der Waals surface area contributed by atoms with E-state index in [0.717, 1.165) is 11.0 Å². The molecule has 0 spiro atoms. The van der Waals surface area contributed by atoms with Crippen LogP contribution in [0.1, 0.15) is 27.7 Å². The first-order valence-electron chi connectivity index (χ1n) is 9.37. The Morgan fingerprint density at radius 2 is 1.19 bits per heavy atom. The number of benzene rings is 3. The SMILES string of the molecule is CC(C)(O)C(C)(C)OBc1cccc(-c2ccc(-c3ccccc3)cc2)c1. The molecule has 0 saturated heterocycles. The molecule has 0 saturated carbocycles. The van der Waals surface area contributed by atoms with E-state index >= 15 is 0 Å². The maximum Gasteiger partial charge on any atom is 0.309 e. The molecule has 0 aliphatic rings. The number of rotatable bonds is 6. The molecule has 0 bridgehead atoms. The smallest absolute Gasteiger partial charge is 0.309 e. The number of hydrogen-bond acceptors (Lipinski definition) is 2. The van der Waals surface area contributed by atoms with Gasteiger partial charge >= 0.3 is 7.48 Å². The number of aliphatic hydroxyl groups is 1. The molecule has 3 heteroatoms. The quantitative estimate of drug-likeness (QED) is 0.655. The fourth-order valence-corrected chi connectivity index (χ4v) is 2.77. The second kappa shape index (κ2) is 7.71. The topological polar surface area (TPSA) is 29.5 Å². The van der Waals surface area contributed by atoms with Gasteiger partial charge in [0.1, 0.15) is 0 Å². The van der Waals surface area contributed by atoms with E-state index in [4.69, 9.17) is 4.65 Å². The Bertz CT molecular complexity index is 878. The van der Waals surface area contributed by atoms with Gasteiger partial charge in [-0.2, -0.15) is 0 Å². The summed E-state index contributed by atoms with van der Waals surface area (Å²) in [6, 6.07) is 27.4. The predicted octanol–water partition coefficient (Wildman–Crippen LogP) is 4.56. The molecule has 0 amide bonds. The summed E-state index contributed by atoms with van der Waals surface area (Å²) in [5, 5.41) is 10.3. The minimum Gasteiger partial charge on any atom is -0.427 e. The molecule has 27 heavy (non-hydrogen) atoms. The Kier molecular flexibility index (Phi) is 5.55.